The lowest BCUT2D eigenvalue weighted by molar-refractivity contribution is -0.139. The molecular formula is C23H31N3O4S. The van der Waals surface area contributed by atoms with Crippen molar-refractivity contribution in [1.29, 1.82) is 0 Å². The number of hydrogen-bond donors (Lipinski definition) is 1. The van der Waals surface area contributed by atoms with Gasteiger partial charge in [-0.1, -0.05) is 55.0 Å². The molecule has 0 aliphatic heterocycles. The van der Waals surface area contributed by atoms with E-state index in [1.165, 1.54) is 11.9 Å². The first-order valence-electron chi connectivity index (χ1n) is 10.2. The molecule has 2 aromatic rings. The van der Waals surface area contributed by atoms with Gasteiger partial charge in [0.1, 0.15) is 12.6 Å². The summed E-state index contributed by atoms with van der Waals surface area (Å²) in [4.78, 5) is 27.1. The van der Waals surface area contributed by atoms with Gasteiger partial charge in [-0.15, -0.1) is 0 Å². The van der Waals surface area contributed by atoms with Gasteiger partial charge < -0.3 is 10.2 Å². The summed E-state index contributed by atoms with van der Waals surface area (Å²) in [6.07, 6.45) is 1.71. The maximum atomic E-state index is 13.3. The molecule has 0 heterocycles. The number of benzene rings is 2. The van der Waals surface area contributed by atoms with E-state index in [-0.39, 0.29) is 19.0 Å². The SMILES string of the molecule is CCc1ccccc1N(CC(=O)N(Cc1ccc(C)cc1)[C@H](C)C(=O)NC)S(C)(=O)=O. The number of amides is 2. The van der Waals surface area contributed by atoms with Crippen molar-refractivity contribution >= 4 is 27.5 Å². The van der Waals surface area contributed by atoms with Gasteiger partial charge >= 0.3 is 0 Å². The predicted molar refractivity (Wildman–Crippen MR) is 123 cm³/mol. The molecule has 0 aliphatic rings. The van der Waals surface area contributed by atoms with Crippen LogP contribution in [0.1, 0.15) is 30.5 Å². The van der Waals surface area contributed by atoms with Gasteiger partial charge in [0, 0.05) is 13.6 Å². The average molecular weight is 446 g/mol. The Morgan fingerprint density at radius 2 is 1.68 bits per heavy atom. The van der Waals surface area contributed by atoms with E-state index in [9.17, 15) is 18.0 Å². The van der Waals surface area contributed by atoms with E-state index < -0.39 is 22.0 Å². The fourth-order valence-corrected chi connectivity index (χ4v) is 4.21. The number of aryl methyl sites for hydroxylation is 2. The molecule has 2 rings (SSSR count). The smallest absolute Gasteiger partial charge is 0.244 e. The van der Waals surface area contributed by atoms with Gasteiger partial charge in [-0.2, -0.15) is 0 Å². The van der Waals surface area contributed by atoms with E-state index in [1.807, 2.05) is 50.2 Å². The third-order valence-electron chi connectivity index (χ3n) is 5.21. The fraction of sp³-hybridized carbons (Fsp3) is 0.391. The number of carbonyl (C=O) groups excluding carboxylic acids is 2. The molecule has 0 fully saturated rings. The third kappa shape index (κ3) is 6.30. The number of anilines is 1. The van der Waals surface area contributed by atoms with Crippen LogP contribution in [0.4, 0.5) is 5.69 Å². The highest BCUT2D eigenvalue weighted by Crippen LogP contribution is 2.24. The first kappa shape index (κ1) is 24.4. The van der Waals surface area contributed by atoms with Crippen LogP contribution in [0, 0.1) is 6.92 Å². The number of nitrogens with zero attached hydrogens (tertiary/aromatic N) is 2. The van der Waals surface area contributed by atoms with E-state index in [4.69, 9.17) is 0 Å². The van der Waals surface area contributed by atoms with Crippen molar-refractivity contribution in [1.82, 2.24) is 10.2 Å². The number of carbonyl (C=O) groups is 2. The predicted octanol–water partition coefficient (Wildman–Crippen LogP) is 2.49. The average Bonchev–Trinajstić information content (AvgIpc) is 2.75. The van der Waals surface area contributed by atoms with Crippen LogP contribution in [-0.4, -0.2) is 51.0 Å². The van der Waals surface area contributed by atoms with Gasteiger partial charge in [-0.25, -0.2) is 8.42 Å². The minimum Gasteiger partial charge on any atom is -0.357 e. The maximum absolute atomic E-state index is 13.3. The Morgan fingerprint density at radius 3 is 2.23 bits per heavy atom. The highest BCUT2D eigenvalue weighted by Gasteiger charge is 2.30. The van der Waals surface area contributed by atoms with E-state index in [1.54, 1.807) is 19.1 Å². The minimum absolute atomic E-state index is 0.195. The standard InChI is InChI=1S/C23H31N3O4S/c1-6-20-9-7-8-10-21(20)26(31(5,29)30)16-22(27)25(18(3)23(28)24-4)15-19-13-11-17(2)12-14-19/h7-14,18H,6,15-16H2,1-5H3,(H,24,28)/t18-/m1/s1. The third-order valence-corrected chi connectivity index (χ3v) is 6.33. The first-order valence-corrected chi connectivity index (χ1v) is 12.1. The molecule has 7 nitrogen and oxygen atoms in total. The molecule has 31 heavy (non-hydrogen) atoms. The number of likely N-dealkylation sites (N-methyl/N-ethyl adjacent to an activating group) is 1. The zero-order valence-corrected chi connectivity index (χ0v) is 19.6. The van der Waals surface area contributed by atoms with Crippen molar-refractivity contribution in [3.8, 4) is 0 Å². The Morgan fingerprint density at radius 1 is 1.06 bits per heavy atom. The molecule has 0 saturated carbocycles. The molecular weight excluding hydrogens is 414 g/mol. The van der Waals surface area contributed by atoms with Crippen LogP contribution >= 0.6 is 0 Å². The minimum atomic E-state index is -3.72. The summed E-state index contributed by atoms with van der Waals surface area (Å²) >= 11 is 0. The summed E-state index contributed by atoms with van der Waals surface area (Å²) in [6.45, 7) is 5.34. The van der Waals surface area contributed by atoms with Crippen LogP contribution in [0.25, 0.3) is 0 Å². The maximum Gasteiger partial charge on any atom is 0.244 e. The molecule has 0 radical (unpaired) electrons. The second kappa shape index (κ2) is 10.4. The van der Waals surface area contributed by atoms with Crippen LogP contribution < -0.4 is 9.62 Å². The van der Waals surface area contributed by atoms with Crippen LogP contribution in [0.5, 0.6) is 0 Å². The molecule has 0 spiro atoms. The number of sulfonamides is 1. The lowest BCUT2D eigenvalue weighted by Gasteiger charge is -2.31. The normalized spacial score (nSPS) is 12.2. The summed E-state index contributed by atoms with van der Waals surface area (Å²) in [5, 5.41) is 2.56. The lowest BCUT2D eigenvalue weighted by atomic mass is 10.1. The monoisotopic (exact) mass is 445 g/mol. The lowest BCUT2D eigenvalue weighted by Crippen LogP contribution is -2.50. The van der Waals surface area contributed by atoms with Crippen molar-refractivity contribution in [2.24, 2.45) is 0 Å². The number of hydrogen-bond acceptors (Lipinski definition) is 4. The highest BCUT2D eigenvalue weighted by atomic mass is 32.2. The second-order valence-electron chi connectivity index (χ2n) is 7.55. The summed E-state index contributed by atoms with van der Waals surface area (Å²) in [5.74, 6) is -0.770. The molecule has 1 N–H and O–H groups in total. The Balaban J connectivity index is 2.41. The van der Waals surface area contributed by atoms with E-state index >= 15 is 0 Å². The molecule has 8 heteroatoms. The number of rotatable bonds is 9. The molecule has 1 atom stereocenters. The zero-order valence-electron chi connectivity index (χ0n) is 18.8. The van der Waals surface area contributed by atoms with Gasteiger partial charge in [0.2, 0.25) is 21.8 Å². The molecule has 0 saturated heterocycles. The zero-order chi connectivity index (χ0) is 23.2. The quantitative estimate of drug-likeness (QED) is 0.642. The van der Waals surface area contributed by atoms with E-state index in [0.29, 0.717) is 12.1 Å². The second-order valence-corrected chi connectivity index (χ2v) is 9.46. The van der Waals surface area contributed by atoms with E-state index in [2.05, 4.69) is 5.32 Å². The molecule has 0 aliphatic carbocycles. The van der Waals surface area contributed by atoms with Gasteiger partial charge in [0.15, 0.2) is 0 Å². The molecule has 0 unspecified atom stereocenters. The molecule has 168 valence electrons. The Labute approximate surface area is 185 Å². The molecule has 2 amide bonds. The van der Waals surface area contributed by atoms with Crippen LogP contribution in [-0.2, 0) is 32.6 Å². The highest BCUT2D eigenvalue weighted by molar-refractivity contribution is 7.92. The van der Waals surface area contributed by atoms with Crippen molar-refractivity contribution in [2.45, 2.75) is 39.8 Å². The van der Waals surface area contributed by atoms with Crippen molar-refractivity contribution < 1.29 is 18.0 Å². The van der Waals surface area contributed by atoms with Crippen LogP contribution in [0.3, 0.4) is 0 Å². The van der Waals surface area contributed by atoms with Crippen LogP contribution in [0.2, 0.25) is 0 Å². The Kier molecular flexibility index (Phi) is 8.21. The van der Waals surface area contributed by atoms with Gasteiger partial charge in [-0.05, 0) is 37.5 Å². The van der Waals surface area contributed by atoms with Gasteiger partial charge in [-0.3, -0.25) is 13.9 Å². The molecule has 2 aromatic carbocycles. The topological polar surface area (TPSA) is 86.8 Å². The largest absolute Gasteiger partial charge is 0.357 e. The number of para-hydroxylation sites is 1. The summed E-state index contributed by atoms with van der Waals surface area (Å²) in [5.41, 5.74) is 3.24. The van der Waals surface area contributed by atoms with Crippen LogP contribution in [0.15, 0.2) is 48.5 Å². The summed E-state index contributed by atoms with van der Waals surface area (Å²) < 4.78 is 26.3. The fourth-order valence-electron chi connectivity index (χ4n) is 3.33. The summed E-state index contributed by atoms with van der Waals surface area (Å²) in [6, 6.07) is 14.0. The Bertz CT molecular complexity index is 1020. The van der Waals surface area contributed by atoms with Crippen molar-refractivity contribution in [3.63, 3.8) is 0 Å². The van der Waals surface area contributed by atoms with Gasteiger partial charge in [0.25, 0.3) is 0 Å². The molecule has 0 bridgehead atoms. The Hall–Kier alpha value is -2.87. The molecule has 0 aromatic heterocycles. The van der Waals surface area contributed by atoms with E-state index in [0.717, 1.165) is 27.3 Å². The van der Waals surface area contributed by atoms with Gasteiger partial charge in [0.05, 0.1) is 11.9 Å². The first-order chi connectivity index (χ1) is 14.6. The summed E-state index contributed by atoms with van der Waals surface area (Å²) in [7, 11) is -2.22. The number of nitrogens with one attached hydrogen (secondary N) is 1. The van der Waals surface area contributed by atoms with Crippen molar-refractivity contribution in [3.05, 3.63) is 65.2 Å². The van der Waals surface area contributed by atoms with Crippen molar-refractivity contribution in [2.75, 3.05) is 24.2 Å².